The summed E-state index contributed by atoms with van der Waals surface area (Å²) in [4.78, 5) is 28.7. The van der Waals surface area contributed by atoms with Gasteiger partial charge in [-0.3, -0.25) is 14.5 Å². The lowest BCUT2D eigenvalue weighted by Gasteiger charge is -2.34. The first-order chi connectivity index (χ1) is 15.2. The van der Waals surface area contributed by atoms with Gasteiger partial charge in [0.1, 0.15) is 11.6 Å². The molecule has 32 heavy (non-hydrogen) atoms. The van der Waals surface area contributed by atoms with Crippen LogP contribution in [0.5, 0.6) is 0 Å². The summed E-state index contributed by atoms with van der Waals surface area (Å²) < 4.78 is 39.1. The molecule has 172 valence electrons. The molecule has 1 unspecified atom stereocenters. The molecule has 1 N–H and O–H groups in total. The van der Waals surface area contributed by atoms with Gasteiger partial charge in [-0.05, 0) is 25.5 Å². The van der Waals surface area contributed by atoms with Crippen molar-refractivity contribution >= 4 is 27.5 Å². The smallest absolute Gasteiger partial charge is 0.256 e. The van der Waals surface area contributed by atoms with Crippen molar-refractivity contribution in [3.63, 3.8) is 0 Å². The Balaban J connectivity index is 1.32. The Labute approximate surface area is 186 Å². The lowest BCUT2D eigenvalue weighted by molar-refractivity contribution is -0.117. The molecule has 1 atom stereocenters. The molecule has 0 spiro atoms. The zero-order valence-corrected chi connectivity index (χ0v) is 18.6. The van der Waals surface area contributed by atoms with Gasteiger partial charge in [0, 0.05) is 32.2 Å². The van der Waals surface area contributed by atoms with Crippen LogP contribution < -0.4 is 5.32 Å². The van der Waals surface area contributed by atoms with Crippen molar-refractivity contribution in [1.82, 2.24) is 19.6 Å². The number of halogens is 1. The predicted octanol–water partition coefficient (Wildman–Crippen LogP) is 1.09. The lowest BCUT2D eigenvalue weighted by Crippen LogP contribution is -2.50. The highest BCUT2D eigenvalue weighted by atomic mass is 32.2. The van der Waals surface area contributed by atoms with Gasteiger partial charge in [0.25, 0.3) is 5.91 Å². The molecular formula is C21H26FN5O4S. The van der Waals surface area contributed by atoms with E-state index < -0.39 is 15.7 Å². The number of benzene rings is 1. The number of nitrogens with zero attached hydrogens (tertiary/aromatic N) is 4. The molecule has 3 heterocycles. The summed E-state index contributed by atoms with van der Waals surface area (Å²) in [5, 5.41) is 7.22. The van der Waals surface area contributed by atoms with Crippen LogP contribution in [-0.2, 0) is 14.6 Å². The van der Waals surface area contributed by atoms with Gasteiger partial charge in [-0.1, -0.05) is 12.1 Å². The molecule has 2 aliphatic rings. The number of anilines is 1. The number of aromatic nitrogens is 2. The van der Waals surface area contributed by atoms with Crippen molar-refractivity contribution < 1.29 is 22.4 Å². The molecule has 2 fully saturated rings. The summed E-state index contributed by atoms with van der Waals surface area (Å²) in [5.74, 6) is -0.488. The molecule has 0 aliphatic carbocycles. The molecule has 1 aromatic carbocycles. The van der Waals surface area contributed by atoms with Crippen LogP contribution in [-0.4, -0.2) is 84.0 Å². The number of amides is 2. The van der Waals surface area contributed by atoms with Gasteiger partial charge >= 0.3 is 0 Å². The minimum absolute atomic E-state index is 0.0228. The fraction of sp³-hybridized carbons (Fsp3) is 0.476. The molecule has 4 rings (SSSR count). The van der Waals surface area contributed by atoms with Crippen LogP contribution in [0.2, 0.25) is 0 Å². The third kappa shape index (κ3) is 4.99. The van der Waals surface area contributed by atoms with Gasteiger partial charge in [-0.2, -0.15) is 5.10 Å². The number of hydrogen-bond donors (Lipinski definition) is 1. The van der Waals surface area contributed by atoms with Crippen LogP contribution >= 0.6 is 0 Å². The first kappa shape index (κ1) is 22.4. The van der Waals surface area contributed by atoms with E-state index in [-0.39, 0.29) is 41.5 Å². The highest BCUT2D eigenvalue weighted by molar-refractivity contribution is 7.91. The summed E-state index contributed by atoms with van der Waals surface area (Å²) in [7, 11) is -3.07. The van der Waals surface area contributed by atoms with E-state index >= 15 is 0 Å². The van der Waals surface area contributed by atoms with Gasteiger partial charge in [0.05, 0.1) is 35.3 Å². The van der Waals surface area contributed by atoms with E-state index in [4.69, 9.17) is 0 Å². The van der Waals surface area contributed by atoms with E-state index in [0.29, 0.717) is 44.1 Å². The van der Waals surface area contributed by atoms with Crippen molar-refractivity contribution in [3.05, 3.63) is 47.4 Å². The molecule has 0 bridgehead atoms. The molecule has 0 saturated carbocycles. The second-order valence-corrected chi connectivity index (χ2v) is 10.5. The molecular weight excluding hydrogens is 437 g/mol. The van der Waals surface area contributed by atoms with Crippen molar-refractivity contribution in [2.24, 2.45) is 0 Å². The van der Waals surface area contributed by atoms with Crippen LogP contribution in [0.15, 0.2) is 30.3 Å². The van der Waals surface area contributed by atoms with Crippen LogP contribution in [0.3, 0.4) is 0 Å². The molecule has 1 aromatic heterocycles. The summed E-state index contributed by atoms with van der Waals surface area (Å²) >= 11 is 0. The number of hydrogen-bond acceptors (Lipinski definition) is 6. The molecule has 0 radical (unpaired) electrons. The van der Waals surface area contributed by atoms with Gasteiger partial charge in [-0.25, -0.2) is 17.5 Å². The summed E-state index contributed by atoms with van der Waals surface area (Å²) in [6.07, 6.45) is 0.477. The first-order valence-electron chi connectivity index (χ1n) is 10.5. The minimum atomic E-state index is -3.07. The highest BCUT2D eigenvalue weighted by Crippen LogP contribution is 2.27. The van der Waals surface area contributed by atoms with E-state index in [9.17, 15) is 22.4 Å². The van der Waals surface area contributed by atoms with E-state index in [2.05, 4.69) is 10.4 Å². The third-order valence-electron chi connectivity index (χ3n) is 5.81. The quantitative estimate of drug-likeness (QED) is 0.712. The maximum absolute atomic E-state index is 13.9. The third-order valence-corrected chi connectivity index (χ3v) is 7.56. The normalized spacial score (nSPS) is 20.9. The summed E-state index contributed by atoms with van der Waals surface area (Å²) in [5.41, 5.74) is 0.751. The zero-order chi connectivity index (χ0) is 22.9. The van der Waals surface area contributed by atoms with Gasteiger partial charge in [-0.15, -0.1) is 0 Å². The highest BCUT2D eigenvalue weighted by Gasteiger charge is 2.31. The number of aryl methyl sites for hydroxylation is 1. The zero-order valence-electron chi connectivity index (χ0n) is 17.8. The Hall–Kier alpha value is -2.79. The summed E-state index contributed by atoms with van der Waals surface area (Å²) in [6.45, 7) is 3.71. The average Bonchev–Trinajstić information content (AvgIpc) is 3.29. The Bertz CT molecular complexity index is 1120. The number of carbonyl (C=O) groups excluding carboxylic acids is 2. The Morgan fingerprint density at radius 3 is 2.56 bits per heavy atom. The topological polar surface area (TPSA) is 105 Å². The van der Waals surface area contributed by atoms with E-state index in [1.807, 2.05) is 4.90 Å². The fourth-order valence-corrected chi connectivity index (χ4v) is 5.85. The molecule has 11 heteroatoms. The number of piperazine rings is 1. The van der Waals surface area contributed by atoms with E-state index in [1.165, 1.54) is 12.1 Å². The molecule has 2 aromatic rings. The fourth-order valence-electron chi connectivity index (χ4n) is 4.16. The van der Waals surface area contributed by atoms with Crippen LogP contribution in [0.1, 0.15) is 28.5 Å². The molecule has 2 saturated heterocycles. The van der Waals surface area contributed by atoms with Crippen LogP contribution in [0.4, 0.5) is 10.2 Å². The Morgan fingerprint density at radius 2 is 1.91 bits per heavy atom. The van der Waals surface area contributed by atoms with Crippen LogP contribution in [0.25, 0.3) is 0 Å². The van der Waals surface area contributed by atoms with Gasteiger partial charge in [0.15, 0.2) is 9.84 Å². The maximum atomic E-state index is 13.9. The van der Waals surface area contributed by atoms with Crippen LogP contribution in [0, 0.1) is 12.7 Å². The second kappa shape index (κ2) is 8.99. The number of rotatable bonds is 5. The molecule has 9 nitrogen and oxygen atoms in total. The first-order valence-corrected chi connectivity index (χ1v) is 12.4. The Morgan fingerprint density at radius 1 is 1.19 bits per heavy atom. The number of nitrogens with one attached hydrogen (secondary N) is 1. The largest absolute Gasteiger partial charge is 0.336 e. The predicted molar refractivity (Wildman–Crippen MR) is 117 cm³/mol. The summed E-state index contributed by atoms with van der Waals surface area (Å²) in [6, 6.07) is 7.36. The lowest BCUT2D eigenvalue weighted by atomic mass is 10.1. The molecule has 2 amide bonds. The van der Waals surface area contributed by atoms with E-state index in [0.717, 1.165) is 0 Å². The SMILES string of the molecule is Cc1cc(NC(=O)CN2CCN(C(=O)c3ccccc3F)CC2)n(C2CCS(=O)(=O)C2)n1. The Kier molecular flexibility index (Phi) is 6.29. The second-order valence-electron chi connectivity index (χ2n) is 8.27. The average molecular weight is 464 g/mol. The minimum Gasteiger partial charge on any atom is -0.336 e. The van der Waals surface area contributed by atoms with Gasteiger partial charge < -0.3 is 10.2 Å². The van der Waals surface area contributed by atoms with Gasteiger partial charge in [0.2, 0.25) is 5.91 Å². The maximum Gasteiger partial charge on any atom is 0.256 e. The van der Waals surface area contributed by atoms with Crippen molar-refractivity contribution in [2.75, 3.05) is 49.5 Å². The monoisotopic (exact) mass is 463 g/mol. The standard InChI is InChI=1S/C21H26FN5O4S/c1-15-12-19(27(24-15)16-6-11-32(30,31)14-16)23-20(28)13-25-7-9-26(10-8-25)21(29)17-4-2-3-5-18(17)22/h2-5,12,16H,6-11,13-14H2,1H3,(H,23,28). The number of carbonyl (C=O) groups is 2. The molecule has 2 aliphatic heterocycles. The number of sulfone groups is 1. The van der Waals surface area contributed by atoms with E-state index in [1.54, 1.807) is 34.7 Å². The van der Waals surface area contributed by atoms with Crippen molar-refractivity contribution in [1.29, 1.82) is 0 Å². The van der Waals surface area contributed by atoms with Crippen molar-refractivity contribution in [2.45, 2.75) is 19.4 Å². The van der Waals surface area contributed by atoms with Crippen molar-refractivity contribution in [3.8, 4) is 0 Å².